The first kappa shape index (κ1) is 40.0. The van der Waals surface area contributed by atoms with Crippen LogP contribution in [-0.2, 0) is 32.2 Å². The van der Waals surface area contributed by atoms with Gasteiger partial charge in [0.15, 0.2) is 46.5 Å². The van der Waals surface area contributed by atoms with Crippen molar-refractivity contribution in [3.63, 3.8) is 0 Å². The van der Waals surface area contributed by atoms with E-state index >= 15 is 0 Å². The summed E-state index contributed by atoms with van der Waals surface area (Å²) in [6, 6.07) is 6.18. The Labute approximate surface area is 347 Å². The molecule has 55 heavy (non-hydrogen) atoms. The number of nitrogen functional groups attached to an aromatic ring is 1. The molecule has 1 aromatic carbocycles. The summed E-state index contributed by atoms with van der Waals surface area (Å²) in [4.78, 5) is 65.0. The fourth-order valence-corrected chi connectivity index (χ4v) is 8.38. The van der Waals surface area contributed by atoms with Crippen LogP contribution in [0.4, 0.5) is 10.8 Å². The molecule has 1 saturated heterocycles. The summed E-state index contributed by atoms with van der Waals surface area (Å²) in [5.41, 5.74) is 6.19. The number of hydrogen-bond acceptors (Lipinski definition) is 17. The SMILES string of the molecule is CC(C)(O/N=C(\C(=O)C[C@@H]1C(=O)N2C(c3nn[nH]n3)=C(C[n+]3cccc4c3CCCN4C(=O)c3ccc(O)c(O)c3Cl)CS[C@H]12)c1nsc(N)n1)C(=O)[O-].[Na+]. The van der Waals surface area contributed by atoms with E-state index in [0.717, 1.165) is 22.8 Å². The molecule has 23 heteroatoms. The molecular weight excluding hydrogens is 789 g/mol. The number of carboxylic acid groups (broad SMARTS) is 1. The number of tetrazole rings is 1. The average Bonchev–Trinajstić information content (AvgIpc) is 3.85. The normalized spacial score (nSPS) is 18.2. The van der Waals surface area contributed by atoms with Gasteiger partial charge in [-0.2, -0.15) is 19.1 Å². The fourth-order valence-electron chi connectivity index (χ4n) is 6.30. The van der Waals surface area contributed by atoms with Gasteiger partial charge in [0.1, 0.15) is 5.69 Å². The van der Waals surface area contributed by atoms with Gasteiger partial charge in [-0.3, -0.25) is 19.3 Å². The standard InChI is InChI=1S/C32H30ClN11O8S2.Na/c1-32(2,30(50)51)52-38-22(25-35-31(34)54-39-25)20(46)11-16-28(49)44-23(26-36-40-41-37-26)14(13-53-29(16)44)12-42-9-3-6-18-17(42)5-4-10-43(18)27(48)15-7-8-19(45)24(47)21(15)33;/h3,6-9,16,29H,4-5,10-13H2,1-2H3,(H5-,34,35,36,37,38,39,40,41,45,46,47,48,50,51);/q;+1/t16-,29-;/m1./s1. The summed E-state index contributed by atoms with van der Waals surface area (Å²) in [5, 5.41) is 49.1. The third-order valence-electron chi connectivity index (χ3n) is 9.07. The molecule has 3 aromatic heterocycles. The number of aromatic hydroxyl groups is 2. The predicted molar refractivity (Wildman–Crippen MR) is 190 cm³/mol. The second-order valence-corrected chi connectivity index (χ2v) is 15.2. The van der Waals surface area contributed by atoms with Crippen molar-refractivity contribution < 1.29 is 73.5 Å². The van der Waals surface area contributed by atoms with E-state index in [-0.39, 0.29) is 75.0 Å². The molecule has 19 nitrogen and oxygen atoms in total. The number of H-pyrrole nitrogens is 1. The minimum atomic E-state index is -1.88. The first-order valence-corrected chi connectivity index (χ1v) is 18.5. The second kappa shape index (κ2) is 15.8. The van der Waals surface area contributed by atoms with Gasteiger partial charge in [-0.1, -0.05) is 16.8 Å². The van der Waals surface area contributed by atoms with E-state index in [9.17, 15) is 34.5 Å². The Morgan fingerprint density at radius 1 is 1.25 bits per heavy atom. The molecule has 0 spiro atoms. The number of carbonyl (C=O) groups excluding carboxylic acids is 4. The molecule has 6 heterocycles. The smallest absolute Gasteiger partial charge is 0.546 e. The molecule has 280 valence electrons. The van der Waals surface area contributed by atoms with Crippen molar-refractivity contribution in [3.8, 4) is 11.5 Å². The molecule has 2 amide bonds. The van der Waals surface area contributed by atoms with Crippen molar-refractivity contribution in [3.05, 3.63) is 64.0 Å². The van der Waals surface area contributed by atoms with Crippen LogP contribution in [0.5, 0.6) is 11.5 Å². The molecule has 0 radical (unpaired) electrons. The van der Waals surface area contributed by atoms with Gasteiger partial charge in [0.25, 0.3) is 5.91 Å². The summed E-state index contributed by atoms with van der Waals surface area (Å²) in [5.74, 6) is -4.45. The number of ketones is 1. The second-order valence-electron chi connectivity index (χ2n) is 12.9. The average molecular weight is 819 g/mol. The van der Waals surface area contributed by atoms with Crippen LogP contribution >= 0.6 is 34.9 Å². The number of fused-ring (bicyclic) bond motifs is 2. The monoisotopic (exact) mass is 818 g/mol. The number of β-lactam (4-membered cyclic amide) rings is 1. The van der Waals surface area contributed by atoms with Crippen LogP contribution in [0.3, 0.4) is 0 Å². The predicted octanol–water partition coefficient (Wildman–Crippen LogP) is -2.57. The Balaban J connectivity index is 0.00000514. The minimum Gasteiger partial charge on any atom is -0.546 e. The summed E-state index contributed by atoms with van der Waals surface area (Å²) in [6.07, 6.45) is 2.81. The van der Waals surface area contributed by atoms with Crippen molar-refractivity contribution in [1.82, 2.24) is 34.9 Å². The maximum absolute atomic E-state index is 13.9. The number of pyridine rings is 1. The molecule has 0 saturated carbocycles. The molecule has 1 fully saturated rings. The van der Waals surface area contributed by atoms with Gasteiger partial charge < -0.3 is 35.6 Å². The number of aromatic nitrogens is 7. The number of thioether (sulfide) groups is 1. The van der Waals surface area contributed by atoms with E-state index in [2.05, 4.69) is 35.1 Å². The van der Waals surface area contributed by atoms with Crippen LogP contribution in [0.25, 0.3) is 5.70 Å². The summed E-state index contributed by atoms with van der Waals surface area (Å²) in [7, 11) is 0. The van der Waals surface area contributed by atoms with Gasteiger partial charge in [0.2, 0.25) is 23.2 Å². The first-order valence-electron chi connectivity index (χ1n) is 16.3. The number of hydrogen-bond donors (Lipinski definition) is 4. The summed E-state index contributed by atoms with van der Waals surface area (Å²) >= 11 is 8.49. The van der Waals surface area contributed by atoms with Gasteiger partial charge in [-0.05, 0) is 43.7 Å². The summed E-state index contributed by atoms with van der Waals surface area (Å²) in [6.45, 7) is 3.09. The summed E-state index contributed by atoms with van der Waals surface area (Å²) < 4.78 is 6.01. The van der Waals surface area contributed by atoms with Gasteiger partial charge in [-0.15, -0.1) is 22.0 Å². The van der Waals surface area contributed by atoms with Crippen molar-refractivity contribution in [2.75, 3.05) is 22.9 Å². The van der Waals surface area contributed by atoms with Crippen LogP contribution in [0.15, 0.2) is 41.2 Å². The van der Waals surface area contributed by atoms with Crippen LogP contribution in [0.1, 0.15) is 54.4 Å². The number of phenolic OH excluding ortho intramolecular Hbond substituents is 2. The Kier molecular flexibility index (Phi) is 11.5. The molecule has 2 atom stereocenters. The third-order valence-corrected chi connectivity index (χ3v) is 11.4. The fraction of sp³-hybridized carbons (Fsp3) is 0.344. The van der Waals surface area contributed by atoms with Gasteiger partial charge in [-0.25, -0.2) is 0 Å². The number of benzene rings is 1. The number of nitrogens with two attached hydrogens (primary N) is 1. The van der Waals surface area contributed by atoms with Gasteiger partial charge in [0.05, 0.1) is 33.5 Å². The number of aromatic amines is 1. The number of halogens is 1. The largest absolute Gasteiger partial charge is 1.00 e. The minimum absolute atomic E-state index is 0. The Hall–Kier alpha value is -4.67. The number of nitrogens with zero attached hydrogens (tertiary/aromatic N) is 9. The quantitative estimate of drug-likeness (QED) is 0.0303. The number of anilines is 2. The van der Waals surface area contributed by atoms with E-state index in [4.69, 9.17) is 22.2 Å². The molecule has 3 aliphatic rings. The molecule has 0 unspecified atom stereocenters. The van der Waals surface area contributed by atoms with Crippen molar-refractivity contribution in [2.45, 2.75) is 50.6 Å². The number of aliphatic carboxylic acids is 1. The Morgan fingerprint density at radius 2 is 2.04 bits per heavy atom. The van der Waals surface area contributed by atoms with E-state index < -0.39 is 46.1 Å². The number of oxime groups is 1. The third kappa shape index (κ3) is 7.51. The number of carboxylic acids is 1. The zero-order valence-electron chi connectivity index (χ0n) is 29.4. The van der Waals surface area contributed by atoms with E-state index in [1.54, 1.807) is 11.0 Å². The zero-order valence-corrected chi connectivity index (χ0v) is 33.8. The van der Waals surface area contributed by atoms with Gasteiger partial charge in [0, 0.05) is 48.3 Å². The Bertz CT molecular complexity index is 2270. The van der Waals surface area contributed by atoms with Crippen LogP contribution in [0.2, 0.25) is 5.02 Å². The van der Waals surface area contributed by atoms with Gasteiger partial charge >= 0.3 is 29.6 Å². The number of carbonyl (C=O) groups is 4. The maximum atomic E-state index is 13.9. The zero-order chi connectivity index (χ0) is 38.5. The molecule has 0 aliphatic carbocycles. The van der Waals surface area contributed by atoms with Crippen LogP contribution in [0, 0.1) is 5.92 Å². The Morgan fingerprint density at radius 3 is 2.73 bits per heavy atom. The van der Waals surface area contributed by atoms with Crippen molar-refractivity contribution in [1.29, 1.82) is 0 Å². The molecule has 4 aromatic rings. The van der Waals surface area contributed by atoms with Crippen LogP contribution in [-0.4, -0.2) is 97.6 Å². The molecule has 3 aliphatic heterocycles. The number of rotatable bonds is 11. The molecule has 7 rings (SSSR count). The number of nitrogens with one attached hydrogen (secondary N) is 1. The topological polar surface area (TPSA) is 270 Å². The van der Waals surface area contributed by atoms with Crippen molar-refractivity contribution >= 4 is 80.7 Å². The molecular formula is C32H30ClN11NaO8S2+. The molecule has 5 N–H and O–H groups in total. The van der Waals surface area contributed by atoms with E-state index in [0.29, 0.717) is 43.1 Å². The number of Topliss-reactive ketones (excluding diaryl/α,β-unsaturated/α-hetero) is 1. The first-order chi connectivity index (χ1) is 25.8. The van der Waals surface area contributed by atoms with E-state index in [1.165, 1.54) is 42.6 Å². The van der Waals surface area contributed by atoms with Crippen molar-refractivity contribution in [2.24, 2.45) is 11.1 Å². The van der Waals surface area contributed by atoms with Crippen LogP contribution < -0.4 is 49.9 Å². The number of phenols is 2. The number of amides is 2. The maximum Gasteiger partial charge on any atom is 1.00 e. The molecule has 0 bridgehead atoms. The van der Waals surface area contributed by atoms with E-state index in [1.807, 2.05) is 16.8 Å².